The van der Waals surface area contributed by atoms with Gasteiger partial charge in [0, 0.05) is 30.9 Å². The summed E-state index contributed by atoms with van der Waals surface area (Å²) in [5, 5.41) is 2.31. The van der Waals surface area contributed by atoms with Gasteiger partial charge in [-0.15, -0.1) is 0 Å². The van der Waals surface area contributed by atoms with Crippen molar-refractivity contribution in [2.45, 2.75) is 32.9 Å². The lowest BCUT2D eigenvalue weighted by Gasteiger charge is -2.23. The van der Waals surface area contributed by atoms with E-state index in [1.807, 2.05) is 30.6 Å². The molecule has 3 aromatic rings. The predicted octanol–water partition coefficient (Wildman–Crippen LogP) is 3.69. The molecule has 0 saturated carbocycles. The van der Waals surface area contributed by atoms with Crippen LogP contribution in [0.15, 0.2) is 48.8 Å². The number of fused-ring (bicyclic) bond motifs is 1. The normalized spacial score (nSPS) is 11.3. The summed E-state index contributed by atoms with van der Waals surface area (Å²) >= 11 is 0. The molecule has 27 heavy (non-hydrogen) atoms. The molecule has 0 fully saturated rings. The second-order valence-electron chi connectivity index (χ2n) is 6.82. The lowest BCUT2D eigenvalue weighted by molar-refractivity contribution is 0.246. The predicted molar refractivity (Wildman–Crippen MR) is 110 cm³/mol. The summed E-state index contributed by atoms with van der Waals surface area (Å²) in [4.78, 5) is 11.7. The maximum Gasteiger partial charge on any atom is 0.119 e. The molecule has 5 heteroatoms. The van der Waals surface area contributed by atoms with Crippen LogP contribution in [-0.4, -0.2) is 35.1 Å². The molecule has 0 atom stereocenters. The van der Waals surface area contributed by atoms with Crippen LogP contribution in [0.3, 0.4) is 0 Å². The number of hydrogen-bond donors (Lipinski definition) is 1. The molecule has 2 N–H and O–H groups in total. The molecular formula is C22H28N4O. The number of ether oxygens (including phenoxy) is 1. The maximum absolute atomic E-state index is 5.69. The van der Waals surface area contributed by atoms with Gasteiger partial charge in [-0.1, -0.05) is 6.07 Å². The van der Waals surface area contributed by atoms with E-state index in [2.05, 4.69) is 40.0 Å². The van der Waals surface area contributed by atoms with Crippen LogP contribution in [0.5, 0.6) is 5.75 Å². The van der Waals surface area contributed by atoms with Gasteiger partial charge in [-0.2, -0.15) is 0 Å². The van der Waals surface area contributed by atoms with Crippen molar-refractivity contribution < 1.29 is 4.74 Å². The van der Waals surface area contributed by atoms with Crippen LogP contribution < -0.4 is 10.5 Å². The lowest BCUT2D eigenvalue weighted by atomic mass is 10.1. The summed E-state index contributed by atoms with van der Waals surface area (Å²) in [5.74, 6) is 0.864. The fraction of sp³-hybridized carbons (Fsp3) is 0.364. The number of nitrogens with two attached hydrogens (primary N) is 1. The molecule has 3 rings (SSSR count). The molecule has 1 aromatic carbocycles. The fourth-order valence-corrected chi connectivity index (χ4v) is 3.27. The average molecular weight is 364 g/mol. The molecular weight excluding hydrogens is 336 g/mol. The van der Waals surface area contributed by atoms with Crippen molar-refractivity contribution in [1.82, 2.24) is 14.9 Å². The van der Waals surface area contributed by atoms with Gasteiger partial charge in [-0.3, -0.25) is 14.9 Å². The van der Waals surface area contributed by atoms with Gasteiger partial charge in [0.05, 0.1) is 18.5 Å². The Morgan fingerprint density at radius 1 is 1.00 bits per heavy atom. The van der Waals surface area contributed by atoms with Crippen LogP contribution >= 0.6 is 0 Å². The molecule has 0 aliphatic heterocycles. The molecule has 2 aromatic heterocycles. The lowest BCUT2D eigenvalue weighted by Crippen LogP contribution is -2.26. The molecule has 0 aliphatic rings. The molecule has 5 nitrogen and oxygen atoms in total. The van der Waals surface area contributed by atoms with E-state index in [4.69, 9.17) is 10.5 Å². The third-order valence-electron chi connectivity index (χ3n) is 4.85. The number of aromatic nitrogens is 2. The molecule has 142 valence electrons. The minimum atomic E-state index is 0.725. The Kier molecular flexibility index (Phi) is 6.74. The summed E-state index contributed by atoms with van der Waals surface area (Å²) in [6.45, 7) is 5.41. The van der Waals surface area contributed by atoms with Gasteiger partial charge in [0.2, 0.25) is 0 Å². The highest BCUT2D eigenvalue weighted by Crippen LogP contribution is 2.24. The van der Waals surface area contributed by atoms with E-state index in [1.165, 1.54) is 10.9 Å². The number of nitrogens with zero attached hydrogens (tertiary/aromatic N) is 3. The second kappa shape index (κ2) is 9.44. The minimum Gasteiger partial charge on any atom is -0.497 e. The first-order valence-electron chi connectivity index (χ1n) is 9.46. The Labute approximate surface area is 161 Å². The number of hydrogen-bond acceptors (Lipinski definition) is 5. The van der Waals surface area contributed by atoms with Crippen LogP contribution in [0.1, 0.15) is 29.8 Å². The van der Waals surface area contributed by atoms with Crippen molar-refractivity contribution in [3.63, 3.8) is 0 Å². The Bertz CT molecular complexity index is 881. The summed E-state index contributed by atoms with van der Waals surface area (Å²) in [6, 6.07) is 12.3. The highest BCUT2D eigenvalue weighted by Gasteiger charge is 2.12. The van der Waals surface area contributed by atoms with E-state index in [-0.39, 0.29) is 0 Å². The molecule has 0 bridgehead atoms. The van der Waals surface area contributed by atoms with Crippen molar-refractivity contribution in [2.75, 3.05) is 20.2 Å². The number of unbranched alkanes of at least 4 members (excludes halogenated alkanes) is 1. The monoisotopic (exact) mass is 364 g/mol. The molecule has 0 saturated heterocycles. The van der Waals surface area contributed by atoms with Crippen LogP contribution in [0.2, 0.25) is 0 Å². The van der Waals surface area contributed by atoms with Gasteiger partial charge in [0.1, 0.15) is 5.75 Å². The van der Waals surface area contributed by atoms with Crippen molar-refractivity contribution in [3.05, 3.63) is 65.7 Å². The van der Waals surface area contributed by atoms with E-state index in [0.717, 1.165) is 61.5 Å². The van der Waals surface area contributed by atoms with Gasteiger partial charge in [0.15, 0.2) is 0 Å². The minimum absolute atomic E-state index is 0.725. The number of aryl methyl sites for hydroxylation is 1. The second-order valence-corrected chi connectivity index (χ2v) is 6.82. The Morgan fingerprint density at radius 3 is 2.59 bits per heavy atom. The number of rotatable bonds is 9. The Balaban J connectivity index is 1.84. The van der Waals surface area contributed by atoms with Crippen molar-refractivity contribution in [2.24, 2.45) is 5.73 Å². The zero-order valence-electron chi connectivity index (χ0n) is 16.2. The SMILES string of the molecule is COc1ccc2c(CN(CCCCN)Cc3ncccc3C)nccc2c1. The summed E-state index contributed by atoms with van der Waals surface area (Å²) in [7, 11) is 1.69. The first-order valence-corrected chi connectivity index (χ1v) is 9.46. The van der Waals surface area contributed by atoms with Crippen molar-refractivity contribution >= 4 is 10.8 Å². The third-order valence-corrected chi connectivity index (χ3v) is 4.85. The molecule has 0 aliphatic carbocycles. The fourth-order valence-electron chi connectivity index (χ4n) is 3.27. The molecule has 0 unspecified atom stereocenters. The largest absolute Gasteiger partial charge is 0.497 e. The van der Waals surface area contributed by atoms with Gasteiger partial charge in [0.25, 0.3) is 0 Å². The van der Waals surface area contributed by atoms with Crippen LogP contribution in [0.4, 0.5) is 0 Å². The average Bonchev–Trinajstić information content (AvgIpc) is 2.69. The molecule has 0 amide bonds. The third kappa shape index (κ3) is 5.02. The standard InChI is InChI=1S/C22H28N4O/c1-17-6-5-11-24-21(17)15-26(13-4-3-10-23)16-22-20-8-7-19(27-2)14-18(20)9-12-25-22/h5-9,11-12,14H,3-4,10,13,15-16,23H2,1-2H3. The number of pyridine rings is 2. The maximum atomic E-state index is 5.69. The van der Waals surface area contributed by atoms with Gasteiger partial charge in [-0.05, 0) is 74.1 Å². The zero-order valence-corrected chi connectivity index (χ0v) is 16.2. The summed E-state index contributed by atoms with van der Waals surface area (Å²) in [6.07, 6.45) is 5.84. The topological polar surface area (TPSA) is 64.3 Å². The molecule has 0 radical (unpaired) electrons. The zero-order chi connectivity index (χ0) is 19.1. The van der Waals surface area contributed by atoms with Crippen molar-refractivity contribution in [3.8, 4) is 5.75 Å². The van der Waals surface area contributed by atoms with Crippen molar-refractivity contribution in [1.29, 1.82) is 0 Å². The van der Waals surface area contributed by atoms with Crippen LogP contribution in [-0.2, 0) is 13.1 Å². The van der Waals surface area contributed by atoms with Crippen LogP contribution in [0, 0.1) is 6.92 Å². The smallest absolute Gasteiger partial charge is 0.119 e. The van der Waals surface area contributed by atoms with E-state index in [0.29, 0.717) is 0 Å². The first kappa shape index (κ1) is 19.3. The Hall–Kier alpha value is -2.50. The quantitative estimate of drug-likeness (QED) is 0.587. The molecule has 2 heterocycles. The molecule has 0 spiro atoms. The van der Waals surface area contributed by atoms with E-state index >= 15 is 0 Å². The Morgan fingerprint density at radius 2 is 1.81 bits per heavy atom. The number of benzene rings is 1. The number of methoxy groups -OCH3 is 1. The first-order chi connectivity index (χ1) is 13.2. The highest BCUT2D eigenvalue weighted by atomic mass is 16.5. The van der Waals surface area contributed by atoms with Gasteiger partial charge in [-0.25, -0.2) is 0 Å². The summed E-state index contributed by atoms with van der Waals surface area (Å²) in [5.41, 5.74) is 9.11. The van der Waals surface area contributed by atoms with E-state index < -0.39 is 0 Å². The summed E-state index contributed by atoms with van der Waals surface area (Å²) < 4.78 is 5.35. The van der Waals surface area contributed by atoms with E-state index in [1.54, 1.807) is 7.11 Å². The highest BCUT2D eigenvalue weighted by molar-refractivity contribution is 5.85. The van der Waals surface area contributed by atoms with E-state index in [9.17, 15) is 0 Å². The van der Waals surface area contributed by atoms with Gasteiger partial charge < -0.3 is 10.5 Å². The van der Waals surface area contributed by atoms with Gasteiger partial charge >= 0.3 is 0 Å². The van der Waals surface area contributed by atoms with Crippen LogP contribution in [0.25, 0.3) is 10.8 Å².